The number of ether oxygens (including phenoxy) is 1. The van der Waals surface area contributed by atoms with Gasteiger partial charge in [0.1, 0.15) is 23.0 Å². The van der Waals surface area contributed by atoms with E-state index in [0.717, 1.165) is 11.1 Å². The Morgan fingerprint density at radius 1 is 1.07 bits per heavy atom. The van der Waals surface area contributed by atoms with Crippen molar-refractivity contribution in [3.05, 3.63) is 76.7 Å². The molecule has 29 heavy (non-hydrogen) atoms. The number of para-hydroxylation sites is 1. The summed E-state index contributed by atoms with van der Waals surface area (Å²) in [6.45, 7) is 4.10. The van der Waals surface area contributed by atoms with Gasteiger partial charge >= 0.3 is 0 Å². The predicted molar refractivity (Wildman–Crippen MR) is 114 cm³/mol. The smallest absolute Gasteiger partial charge is 0.263 e. The first-order chi connectivity index (χ1) is 13.8. The molecule has 0 aliphatic carbocycles. The number of benzene rings is 2. The number of aromatic nitrogens is 2. The van der Waals surface area contributed by atoms with Gasteiger partial charge in [0.15, 0.2) is 0 Å². The Labute approximate surface area is 176 Å². The first-order valence-corrected chi connectivity index (χ1v) is 10.9. The molecule has 2 aromatic carbocycles. The molecule has 0 fully saturated rings. The van der Waals surface area contributed by atoms with Crippen molar-refractivity contribution in [1.82, 2.24) is 9.97 Å². The Hall–Kier alpha value is -2.64. The van der Waals surface area contributed by atoms with Crippen LogP contribution in [0.3, 0.4) is 0 Å². The summed E-state index contributed by atoms with van der Waals surface area (Å²) < 4.78 is 33.7. The van der Waals surface area contributed by atoms with Gasteiger partial charge in [0.25, 0.3) is 10.0 Å². The lowest BCUT2D eigenvalue weighted by Gasteiger charge is -2.14. The summed E-state index contributed by atoms with van der Waals surface area (Å²) >= 11 is 6.28. The second-order valence-corrected chi connectivity index (χ2v) is 8.85. The molecule has 0 saturated heterocycles. The number of methoxy groups -OCH3 is 1. The van der Waals surface area contributed by atoms with Gasteiger partial charge in [-0.25, -0.2) is 18.4 Å². The zero-order chi connectivity index (χ0) is 21.0. The van der Waals surface area contributed by atoms with Crippen LogP contribution >= 0.6 is 11.6 Å². The van der Waals surface area contributed by atoms with Crippen LogP contribution in [0.5, 0.6) is 5.75 Å². The highest BCUT2D eigenvalue weighted by molar-refractivity contribution is 7.92. The standard InChI is InChI=1S/C21H22ClN3O3S/c1-14(2)15-8-10-17(11-9-15)29(26,27)25-21-18(20(22)23-13-24-21)12-16-6-4-5-7-19(16)28-3/h4-11,13-14H,12H2,1-3H3,(H,23,24,25). The maximum Gasteiger partial charge on any atom is 0.263 e. The largest absolute Gasteiger partial charge is 0.496 e. The molecule has 0 unspecified atom stereocenters. The minimum absolute atomic E-state index is 0.142. The quantitative estimate of drug-likeness (QED) is 0.550. The van der Waals surface area contributed by atoms with Gasteiger partial charge in [-0.15, -0.1) is 0 Å². The van der Waals surface area contributed by atoms with Gasteiger partial charge in [-0.1, -0.05) is 55.8 Å². The third kappa shape index (κ3) is 4.86. The minimum Gasteiger partial charge on any atom is -0.496 e. The summed E-state index contributed by atoms with van der Waals surface area (Å²) in [5.41, 5.74) is 2.38. The van der Waals surface area contributed by atoms with Gasteiger partial charge in [0, 0.05) is 12.0 Å². The fourth-order valence-electron chi connectivity index (χ4n) is 2.89. The normalized spacial score (nSPS) is 11.5. The lowest BCUT2D eigenvalue weighted by Crippen LogP contribution is -2.16. The highest BCUT2D eigenvalue weighted by Gasteiger charge is 2.20. The van der Waals surface area contributed by atoms with E-state index in [-0.39, 0.29) is 15.9 Å². The molecule has 0 aliphatic rings. The molecule has 1 aromatic heterocycles. The molecule has 0 aliphatic heterocycles. The van der Waals surface area contributed by atoms with Crippen LogP contribution in [-0.4, -0.2) is 25.5 Å². The van der Waals surface area contributed by atoms with Crippen molar-refractivity contribution in [2.24, 2.45) is 0 Å². The first kappa shape index (κ1) is 21.1. The Morgan fingerprint density at radius 3 is 2.41 bits per heavy atom. The van der Waals surface area contributed by atoms with E-state index in [1.54, 1.807) is 19.2 Å². The van der Waals surface area contributed by atoms with E-state index < -0.39 is 10.0 Å². The van der Waals surface area contributed by atoms with Crippen LogP contribution in [0.2, 0.25) is 5.15 Å². The summed E-state index contributed by atoms with van der Waals surface area (Å²) in [5, 5.41) is 0.179. The number of nitrogens with zero attached hydrogens (tertiary/aromatic N) is 2. The van der Waals surface area contributed by atoms with Crippen LogP contribution in [-0.2, 0) is 16.4 Å². The van der Waals surface area contributed by atoms with E-state index in [9.17, 15) is 8.42 Å². The van der Waals surface area contributed by atoms with E-state index in [1.165, 1.54) is 6.33 Å². The summed E-state index contributed by atoms with van der Waals surface area (Å²) in [6, 6.07) is 14.2. The molecule has 0 bridgehead atoms. The number of hydrogen-bond acceptors (Lipinski definition) is 5. The molecule has 1 N–H and O–H groups in total. The molecule has 0 radical (unpaired) electrons. The average Bonchev–Trinajstić information content (AvgIpc) is 2.70. The van der Waals surface area contributed by atoms with Gasteiger partial charge in [0.2, 0.25) is 0 Å². The molecule has 3 rings (SSSR count). The number of halogens is 1. The highest BCUT2D eigenvalue weighted by Crippen LogP contribution is 2.29. The maximum atomic E-state index is 12.9. The molecule has 1 heterocycles. The van der Waals surface area contributed by atoms with E-state index in [2.05, 4.69) is 28.5 Å². The van der Waals surface area contributed by atoms with E-state index in [0.29, 0.717) is 23.7 Å². The SMILES string of the molecule is COc1ccccc1Cc1c(Cl)ncnc1NS(=O)(=O)c1ccc(C(C)C)cc1. The number of hydrogen-bond donors (Lipinski definition) is 1. The van der Waals surface area contributed by atoms with Crippen LogP contribution in [0, 0.1) is 0 Å². The van der Waals surface area contributed by atoms with Gasteiger partial charge in [-0.05, 0) is 35.2 Å². The molecule has 0 amide bonds. The number of anilines is 1. The van der Waals surface area contributed by atoms with E-state index in [1.807, 2.05) is 36.4 Å². The second-order valence-electron chi connectivity index (χ2n) is 6.81. The maximum absolute atomic E-state index is 12.9. The number of rotatable bonds is 7. The molecule has 0 saturated carbocycles. The fourth-order valence-corrected chi connectivity index (χ4v) is 4.14. The lowest BCUT2D eigenvalue weighted by molar-refractivity contribution is 0.410. The first-order valence-electron chi connectivity index (χ1n) is 9.06. The zero-order valence-corrected chi connectivity index (χ0v) is 18.0. The monoisotopic (exact) mass is 431 g/mol. The Morgan fingerprint density at radius 2 is 1.76 bits per heavy atom. The van der Waals surface area contributed by atoms with Gasteiger partial charge < -0.3 is 4.74 Å². The van der Waals surface area contributed by atoms with Gasteiger partial charge in [-0.3, -0.25) is 4.72 Å². The third-order valence-corrected chi connectivity index (χ3v) is 6.22. The van der Waals surface area contributed by atoms with Crippen molar-refractivity contribution in [2.45, 2.75) is 31.1 Å². The molecule has 0 spiro atoms. The van der Waals surface area contributed by atoms with Crippen LogP contribution in [0.25, 0.3) is 0 Å². The molecular formula is C21H22ClN3O3S. The summed E-state index contributed by atoms with van der Waals surface area (Å²) in [4.78, 5) is 8.28. The average molecular weight is 432 g/mol. The minimum atomic E-state index is -3.83. The second kappa shape index (κ2) is 8.80. The van der Waals surface area contributed by atoms with Crippen molar-refractivity contribution in [2.75, 3.05) is 11.8 Å². The number of nitrogens with one attached hydrogen (secondary N) is 1. The third-order valence-electron chi connectivity index (χ3n) is 4.54. The van der Waals surface area contributed by atoms with Crippen molar-refractivity contribution in [3.8, 4) is 5.75 Å². The molecule has 6 nitrogen and oxygen atoms in total. The van der Waals surface area contributed by atoms with Crippen LogP contribution in [0.4, 0.5) is 5.82 Å². The number of sulfonamides is 1. The Bertz CT molecular complexity index is 1100. The lowest BCUT2D eigenvalue weighted by atomic mass is 10.0. The highest BCUT2D eigenvalue weighted by atomic mass is 35.5. The van der Waals surface area contributed by atoms with Crippen molar-refractivity contribution in [3.63, 3.8) is 0 Å². The summed E-state index contributed by atoms with van der Waals surface area (Å²) in [6.07, 6.45) is 1.54. The van der Waals surface area contributed by atoms with Gasteiger partial charge in [0.05, 0.1) is 12.0 Å². The van der Waals surface area contributed by atoms with Gasteiger partial charge in [-0.2, -0.15) is 0 Å². The zero-order valence-electron chi connectivity index (χ0n) is 16.4. The van der Waals surface area contributed by atoms with Crippen molar-refractivity contribution >= 4 is 27.4 Å². The van der Waals surface area contributed by atoms with E-state index in [4.69, 9.17) is 16.3 Å². The van der Waals surface area contributed by atoms with Crippen LogP contribution in [0.1, 0.15) is 36.5 Å². The molecule has 8 heteroatoms. The van der Waals surface area contributed by atoms with Crippen molar-refractivity contribution in [1.29, 1.82) is 0 Å². The van der Waals surface area contributed by atoms with E-state index >= 15 is 0 Å². The molecule has 152 valence electrons. The Kier molecular flexibility index (Phi) is 6.39. The topological polar surface area (TPSA) is 81.2 Å². The fraction of sp³-hybridized carbons (Fsp3) is 0.238. The molecular weight excluding hydrogens is 410 g/mol. The molecule has 3 aromatic rings. The van der Waals surface area contributed by atoms with Crippen molar-refractivity contribution < 1.29 is 13.2 Å². The van der Waals surface area contributed by atoms with Crippen LogP contribution < -0.4 is 9.46 Å². The summed E-state index contributed by atoms with van der Waals surface area (Å²) in [5.74, 6) is 1.13. The van der Waals surface area contributed by atoms with Crippen LogP contribution in [0.15, 0.2) is 59.8 Å². The Balaban J connectivity index is 1.94. The summed E-state index contributed by atoms with van der Waals surface area (Å²) in [7, 11) is -2.26. The predicted octanol–water partition coefficient (Wildman–Crippen LogP) is 4.65. The molecule has 0 atom stereocenters.